The summed E-state index contributed by atoms with van der Waals surface area (Å²) in [5.41, 5.74) is 3.11. The van der Waals surface area contributed by atoms with Crippen molar-refractivity contribution in [1.29, 1.82) is 0 Å². The van der Waals surface area contributed by atoms with Gasteiger partial charge in [-0.3, -0.25) is 4.79 Å². The Balaban J connectivity index is 1.25. The van der Waals surface area contributed by atoms with E-state index in [1.807, 2.05) is 24.3 Å². The molecular formula is C22H25N3O3. The minimum atomic E-state index is -0.0776. The molecule has 0 fully saturated rings. The molecule has 0 spiro atoms. The maximum atomic E-state index is 12.3. The van der Waals surface area contributed by atoms with Crippen molar-refractivity contribution in [2.45, 2.75) is 38.6 Å². The minimum absolute atomic E-state index is 0.0776. The fourth-order valence-corrected chi connectivity index (χ4v) is 3.45. The normalized spacial score (nSPS) is 15.1. The Kier molecular flexibility index (Phi) is 5.75. The molecule has 1 aliphatic heterocycles. The standard InChI is InChI=1S/C22H25N3O3/c26-22(23-11-10-16-4-2-1-3-5-16)18-7-9-21(25-14-18)24-13-17-6-8-19-20(12-17)28-15-27-19/h4,6-9,12,14H,1-3,5,10-11,13,15H2,(H,23,26)(H,24,25). The van der Waals surface area contributed by atoms with Gasteiger partial charge in [0.2, 0.25) is 6.79 Å². The van der Waals surface area contributed by atoms with Crippen LogP contribution in [-0.4, -0.2) is 24.2 Å². The molecule has 1 aromatic carbocycles. The zero-order chi connectivity index (χ0) is 19.2. The van der Waals surface area contributed by atoms with Crippen molar-refractivity contribution >= 4 is 11.7 Å². The van der Waals surface area contributed by atoms with Crippen molar-refractivity contribution in [3.63, 3.8) is 0 Å². The van der Waals surface area contributed by atoms with Gasteiger partial charge in [0.05, 0.1) is 5.56 Å². The van der Waals surface area contributed by atoms with Gasteiger partial charge in [-0.05, 0) is 61.9 Å². The van der Waals surface area contributed by atoms with Crippen LogP contribution in [0.25, 0.3) is 0 Å². The molecule has 0 radical (unpaired) electrons. The molecule has 0 bridgehead atoms. The van der Waals surface area contributed by atoms with E-state index in [2.05, 4.69) is 21.7 Å². The highest BCUT2D eigenvalue weighted by atomic mass is 16.7. The first-order valence-electron chi connectivity index (χ1n) is 9.82. The Bertz CT molecular complexity index is 862. The fraction of sp³-hybridized carbons (Fsp3) is 0.364. The average Bonchev–Trinajstić information content (AvgIpc) is 3.21. The van der Waals surface area contributed by atoms with E-state index in [-0.39, 0.29) is 12.7 Å². The predicted molar refractivity (Wildman–Crippen MR) is 108 cm³/mol. The van der Waals surface area contributed by atoms with E-state index in [9.17, 15) is 4.79 Å². The number of amides is 1. The highest BCUT2D eigenvalue weighted by molar-refractivity contribution is 5.94. The zero-order valence-corrected chi connectivity index (χ0v) is 15.9. The summed E-state index contributed by atoms with van der Waals surface area (Å²) in [7, 11) is 0. The van der Waals surface area contributed by atoms with Crippen LogP contribution >= 0.6 is 0 Å². The topological polar surface area (TPSA) is 72.5 Å². The van der Waals surface area contributed by atoms with Crippen molar-refractivity contribution in [2.24, 2.45) is 0 Å². The predicted octanol–water partition coefficient (Wildman–Crippen LogP) is 4.04. The van der Waals surface area contributed by atoms with E-state index in [0.29, 0.717) is 18.7 Å². The van der Waals surface area contributed by atoms with Gasteiger partial charge in [0.25, 0.3) is 5.91 Å². The van der Waals surface area contributed by atoms with Crippen molar-refractivity contribution in [2.75, 3.05) is 18.7 Å². The number of hydrogen-bond donors (Lipinski definition) is 2. The molecule has 1 aliphatic carbocycles. The van der Waals surface area contributed by atoms with Gasteiger partial charge >= 0.3 is 0 Å². The zero-order valence-electron chi connectivity index (χ0n) is 15.9. The number of nitrogens with one attached hydrogen (secondary N) is 2. The van der Waals surface area contributed by atoms with Crippen LogP contribution in [0.4, 0.5) is 5.82 Å². The third-order valence-corrected chi connectivity index (χ3v) is 5.05. The van der Waals surface area contributed by atoms with Gasteiger partial charge in [0, 0.05) is 19.3 Å². The van der Waals surface area contributed by atoms with Crippen LogP contribution in [0.1, 0.15) is 48.0 Å². The maximum Gasteiger partial charge on any atom is 0.252 e. The van der Waals surface area contributed by atoms with Crippen molar-refractivity contribution in [3.05, 3.63) is 59.3 Å². The number of ether oxygens (including phenoxy) is 2. The molecule has 146 valence electrons. The summed E-state index contributed by atoms with van der Waals surface area (Å²) in [6.07, 6.45) is 9.76. The highest BCUT2D eigenvalue weighted by Crippen LogP contribution is 2.32. The SMILES string of the molecule is O=C(NCCC1=CCCCC1)c1ccc(NCc2ccc3c(c2)OCO3)nc1. The number of carbonyl (C=O) groups is 1. The van der Waals surface area contributed by atoms with Gasteiger partial charge in [-0.1, -0.05) is 17.7 Å². The van der Waals surface area contributed by atoms with Crippen LogP contribution in [-0.2, 0) is 6.54 Å². The molecule has 28 heavy (non-hydrogen) atoms. The highest BCUT2D eigenvalue weighted by Gasteiger charge is 2.13. The number of allylic oxidation sites excluding steroid dienone is 1. The molecule has 0 unspecified atom stereocenters. The number of carbonyl (C=O) groups excluding carboxylic acids is 1. The van der Waals surface area contributed by atoms with Gasteiger partial charge in [-0.2, -0.15) is 0 Å². The minimum Gasteiger partial charge on any atom is -0.454 e. The number of benzene rings is 1. The van der Waals surface area contributed by atoms with E-state index >= 15 is 0 Å². The first-order valence-corrected chi connectivity index (χ1v) is 9.82. The second kappa shape index (κ2) is 8.78. The van der Waals surface area contributed by atoms with Crippen LogP contribution < -0.4 is 20.1 Å². The second-order valence-corrected chi connectivity index (χ2v) is 7.09. The number of anilines is 1. The first-order chi connectivity index (χ1) is 13.8. The van der Waals surface area contributed by atoms with Gasteiger partial charge in [-0.25, -0.2) is 4.98 Å². The Morgan fingerprint density at radius 3 is 2.86 bits per heavy atom. The summed E-state index contributed by atoms with van der Waals surface area (Å²) in [5.74, 6) is 2.19. The second-order valence-electron chi connectivity index (χ2n) is 7.09. The number of nitrogens with zero attached hydrogens (tertiary/aromatic N) is 1. The summed E-state index contributed by atoms with van der Waals surface area (Å²) in [6, 6.07) is 9.47. The number of pyridine rings is 1. The van der Waals surface area contributed by atoms with E-state index in [1.54, 1.807) is 12.3 Å². The number of hydrogen-bond acceptors (Lipinski definition) is 5. The lowest BCUT2D eigenvalue weighted by Gasteiger charge is -2.13. The van der Waals surface area contributed by atoms with Crippen molar-refractivity contribution in [3.8, 4) is 11.5 Å². The van der Waals surface area contributed by atoms with Gasteiger partial charge in [0.1, 0.15) is 5.82 Å². The molecule has 2 N–H and O–H groups in total. The third-order valence-electron chi connectivity index (χ3n) is 5.05. The number of aromatic nitrogens is 1. The molecule has 6 nitrogen and oxygen atoms in total. The molecule has 2 heterocycles. The maximum absolute atomic E-state index is 12.3. The molecule has 6 heteroatoms. The monoisotopic (exact) mass is 379 g/mol. The van der Waals surface area contributed by atoms with Crippen molar-refractivity contribution < 1.29 is 14.3 Å². The average molecular weight is 379 g/mol. The van der Waals surface area contributed by atoms with Crippen LogP contribution in [0.15, 0.2) is 48.2 Å². The largest absolute Gasteiger partial charge is 0.454 e. The van der Waals surface area contributed by atoms with Crippen LogP contribution in [0, 0.1) is 0 Å². The van der Waals surface area contributed by atoms with E-state index < -0.39 is 0 Å². The summed E-state index contributed by atoms with van der Waals surface area (Å²) in [4.78, 5) is 16.6. The lowest BCUT2D eigenvalue weighted by atomic mass is 9.97. The molecular weight excluding hydrogens is 354 g/mol. The van der Waals surface area contributed by atoms with Crippen molar-refractivity contribution in [1.82, 2.24) is 10.3 Å². The fourth-order valence-electron chi connectivity index (χ4n) is 3.45. The molecule has 0 saturated carbocycles. The van der Waals surface area contributed by atoms with Crippen LogP contribution in [0.3, 0.4) is 0 Å². The third kappa shape index (κ3) is 4.63. The molecule has 0 saturated heterocycles. The Morgan fingerprint density at radius 1 is 1.11 bits per heavy atom. The van der Waals surface area contributed by atoms with Crippen LogP contribution in [0.5, 0.6) is 11.5 Å². The van der Waals surface area contributed by atoms with E-state index in [0.717, 1.165) is 29.3 Å². The summed E-state index contributed by atoms with van der Waals surface area (Å²) in [6.45, 7) is 1.56. The van der Waals surface area contributed by atoms with E-state index in [1.165, 1.54) is 31.3 Å². The summed E-state index contributed by atoms with van der Waals surface area (Å²) < 4.78 is 10.7. The summed E-state index contributed by atoms with van der Waals surface area (Å²) in [5, 5.41) is 6.24. The first kappa shape index (κ1) is 18.3. The summed E-state index contributed by atoms with van der Waals surface area (Å²) >= 11 is 0. The number of rotatable bonds is 7. The molecule has 4 rings (SSSR count). The molecule has 2 aliphatic rings. The van der Waals surface area contributed by atoms with Crippen LogP contribution in [0.2, 0.25) is 0 Å². The number of fused-ring (bicyclic) bond motifs is 1. The Hall–Kier alpha value is -3.02. The molecule has 2 aromatic rings. The molecule has 1 amide bonds. The molecule has 0 atom stereocenters. The van der Waals surface area contributed by atoms with Gasteiger partial charge in [-0.15, -0.1) is 0 Å². The Morgan fingerprint density at radius 2 is 2.04 bits per heavy atom. The quantitative estimate of drug-likeness (QED) is 0.710. The van der Waals surface area contributed by atoms with Gasteiger partial charge < -0.3 is 20.1 Å². The van der Waals surface area contributed by atoms with Gasteiger partial charge in [0.15, 0.2) is 11.5 Å². The lowest BCUT2D eigenvalue weighted by Crippen LogP contribution is -2.25. The Labute approximate surface area is 165 Å². The van der Waals surface area contributed by atoms with E-state index in [4.69, 9.17) is 9.47 Å². The molecule has 1 aromatic heterocycles. The lowest BCUT2D eigenvalue weighted by molar-refractivity contribution is 0.0953. The smallest absolute Gasteiger partial charge is 0.252 e.